The summed E-state index contributed by atoms with van der Waals surface area (Å²) in [5, 5.41) is 6.70. The number of piperidine rings is 1. The molecule has 1 unspecified atom stereocenters. The summed E-state index contributed by atoms with van der Waals surface area (Å²) in [5.41, 5.74) is 1.44. The van der Waals surface area contributed by atoms with Crippen molar-refractivity contribution < 1.29 is 14.1 Å². The number of nitrogens with one attached hydrogen (secondary N) is 1. The van der Waals surface area contributed by atoms with Gasteiger partial charge in [-0.3, -0.25) is 9.59 Å². The number of amides is 2. The summed E-state index contributed by atoms with van der Waals surface area (Å²) < 4.78 is 5.44. The molecule has 3 rings (SSSR count). The zero-order valence-electron chi connectivity index (χ0n) is 15.8. The highest BCUT2D eigenvalue weighted by atomic mass is 16.5. The number of aromatic nitrogens is 1. The van der Waals surface area contributed by atoms with Gasteiger partial charge in [-0.2, -0.15) is 0 Å². The van der Waals surface area contributed by atoms with Crippen molar-refractivity contribution in [3.8, 4) is 0 Å². The third-order valence-electron chi connectivity index (χ3n) is 4.92. The van der Waals surface area contributed by atoms with E-state index in [1.807, 2.05) is 42.2 Å². The number of benzene rings is 1. The van der Waals surface area contributed by atoms with Crippen LogP contribution >= 0.6 is 0 Å². The van der Waals surface area contributed by atoms with Crippen LogP contribution in [0.2, 0.25) is 0 Å². The fourth-order valence-corrected chi connectivity index (χ4v) is 3.45. The van der Waals surface area contributed by atoms with Crippen molar-refractivity contribution in [3.05, 3.63) is 53.4 Å². The fraction of sp³-hybridized carbons (Fsp3) is 0.476. The van der Waals surface area contributed by atoms with Crippen LogP contribution in [0.3, 0.4) is 0 Å². The molecule has 1 aliphatic heterocycles. The van der Waals surface area contributed by atoms with Crippen LogP contribution in [-0.4, -0.2) is 35.0 Å². The van der Waals surface area contributed by atoms with Gasteiger partial charge in [-0.1, -0.05) is 42.4 Å². The Kier molecular flexibility index (Phi) is 6.63. The Morgan fingerprint density at radius 1 is 1.26 bits per heavy atom. The number of hydrogen-bond donors (Lipinski definition) is 1. The van der Waals surface area contributed by atoms with Gasteiger partial charge in [-0.25, -0.2) is 0 Å². The monoisotopic (exact) mass is 369 g/mol. The van der Waals surface area contributed by atoms with Crippen molar-refractivity contribution in [2.75, 3.05) is 13.1 Å². The van der Waals surface area contributed by atoms with Crippen molar-refractivity contribution in [2.45, 2.75) is 51.5 Å². The van der Waals surface area contributed by atoms with Gasteiger partial charge in [0.05, 0.1) is 6.04 Å². The third-order valence-corrected chi connectivity index (χ3v) is 4.92. The molecule has 144 valence electrons. The van der Waals surface area contributed by atoms with Crippen LogP contribution in [0.5, 0.6) is 0 Å². The SMILES string of the molecule is CCCNC(=O)c1cc(C2CCCCN2C(=O)CCc2ccccc2)on1. The molecule has 0 saturated carbocycles. The average molecular weight is 369 g/mol. The molecule has 2 heterocycles. The number of hydrogen-bond acceptors (Lipinski definition) is 4. The van der Waals surface area contributed by atoms with Gasteiger partial charge in [0.2, 0.25) is 5.91 Å². The molecule has 2 aromatic rings. The van der Waals surface area contributed by atoms with Crippen molar-refractivity contribution in [3.63, 3.8) is 0 Å². The molecule has 0 aliphatic carbocycles. The lowest BCUT2D eigenvalue weighted by molar-refractivity contribution is -0.135. The van der Waals surface area contributed by atoms with Crippen LogP contribution in [0, 0.1) is 0 Å². The molecule has 1 fully saturated rings. The highest BCUT2D eigenvalue weighted by Crippen LogP contribution is 2.32. The average Bonchev–Trinajstić information content (AvgIpc) is 3.21. The Morgan fingerprint density at radius 3 is 2.85 bits per heavy atom. The highest BCUT2D eigenvalue weighted by Gasteiger charge is 2.31. The molecule has 0 spiro atoms. The van der Waals surface area contributed by atoms with Gasteiger partial charge >= 0.3 is 0 Å². The second-order valence-corrected chi connectivity index (χ2v) is 6.95. The first-order valence-corrected chi connectivity index (χ1v) is 9.77. The van der Waals surface area contributed by atoms with E-state index in [9.17, 15) is 9.59 Å². The molecule has 0 bridgehead atoms. The molecule has 1 N–H and O–H groups in total. The molecule has 1 aromatic carbocycles. The highest BCUT2D eigenvalue weighted by molar-refractivity contribution is 5.92. The minimum absolute atomic E-state index is 0.122. The maximum absolute atomic E-state index is 12.8. The van der Waals surface area contributed by atoms with E-state index in [4.69, 9.17) is 4.52 Å². The van der Waals surface area contributed by atoms with E-state index in [0.29, 0.717) is 18.7 Å². The lowest BCUT2D eigenvalue weighted by Gasteiger charge is -2.34. The quantitative estimate of drug-likeness (QED) is 0.810. The summed E-state index contributed by atoms with van der Waals surface area (Å²) in [6.45, 7) is 3.32. The minimum atomic E-state index is -0.232. The maximum Gasteiger partial charge on any atom is 0.273 e. The number of nitrogens with zero attached hydrogens (tertiary/aromatic N) is 2. The van der Waals surface area contributed by atoms with E-state index >= 15 is 0 Å². The molecular formula is C21H27N3O3. The van der Waals surface area contributed by atoms with Crippen LogP contribution in [0.25, 0.3) is 0 Å². The fourth-order valence-electron chi connectivity index (χ4n) is 3.45. The van der Waals surface area contributed by atoms with Crippen LogP contribution in [0.1, 0.15) is 66.9 Å². The molecule has 1 atom stereocenters. The maximum atomic E-state index is 12.8. The van der Waals surface area contributed by atoms with Crippen molar-refractivity contribution in [1.29, 1.82) is 0 Å². The summed E-state index contributed by atoms with van der Waals surface area (Å²) >= 11 is 0. The van der Waals surface area contributed by atoms with E-state index in [1.165, 1.54) is 0 Å². The van der Waals surface area contributed by atoms with Crippen LogP contribution < -0.4 is 5.32 Å². The summed E-state index contributed by atoms with van der Waals surface area (Å²) in [6.07, 6.45) is 4.92. The van der Waals surface area contributed by atoms with E-state index in [1.54, 1.807) is 6.07 Å². The molecule has 27 heavy (non-hydrogen) atoms. The summed E-state index contributed by atoms with van der Waals surface area (Å²) in [4.78, 5) is 26.8. The molecule has 2 amide bonds. The summed E-state index contributed by atoms with van der Waals surface area (Å²) in [7, 11) is 0. The lowest BCUT2D eigenvalue weighted by atomic mass is 9.98. The van der Waals surface area contributed by atoms with Crippen LogP contribution in [0.4, 0.5) is 0 Å². The topological polar surface area (TPSA) is 75.4 Å². The first kappa shape index (κ1) is 19.1. The Labute approximate surface area is 159 Å². The smallest absolute Gasteiger partial charge is 0.273 e. The Morgan fingerprint density at radius 2 is 2.07 bits per heavy atom. The minimum Gasteiger partial charge on any atom is -0.358 e. The first-order chi connectivity index (χ1) is 13.2. The number of rotatable bonds is 7. The predicted octanol–water partition coefficient (Wildman–Crippen LogP) is 3.50. The van der Waals surface area contributed by atoms with Crippen LogP contribution in [0.15, 0.2) is 40.9 Å². The standard InChI is InChI=1S/C21H27N3O3/c1-2-13-22-21(26)17-15-19(27-23-17)18-10-6-7-14-24(18)20(25)12-11-16-8-4-3-5-9-16/h3-5,8-9,15,18H,2,6-7,10-14H2,1H3,(H,22,26). The van der Waals surface area contributed by atoms with Gasteiger partial charge in [0.25, 0.3) is 5.91 Å². The van der Waals surface area contributed by atoms with Gasteiger partial charge in [0.1, 0.15) is 0 Å². The second-order valence-electron chi connectivity index (χ2n) is 6.95. The molecule has 6 heteroatoms. The number of carbonyl (C=O) groups excluding carboxylic acids is 2. The third kappa shape index (κ3) is 4.96. The van der Waals surface area contributed by atoms with Gasteiger partial charge < -0.3 is 14.7 Å². The number of likely N-dealkylation sites (tertiary alicyclic amines) is 1. The summed E-state index contributed by atoms with van der Waals surface area (Å²) in [5.74, 6) is 0.492. The predicted molar refractivity (Wildman–Crippen MR) is 102 cm³/mol. The Hall–Kier alpha value is -2.63. The number of aryl methyl sites for hydroxylation is 1. The zero-order valence-corrected chi connectivity index (χ0v) is 15.8. The normalized spacial score (nSPS) is 16.9. The van der Waals surface area contributed by atoms with E-state index in [0.717, 1.165) is 44.2 Å². The first-order valence-electron chi connectivity index (χ1n) is 9.77. The lowest BCUT2D eigenvalue weighted by Crippen LogP contribution is -2.38. The zero-order chi connectivity index (χ0) is 19.1. The van der Waals surface area contributed by atoms with Crippen molar-refractivity contribution >= 4 is 11.8 Å². The van der Waals surface area contributed by atoms with E-state index in [2.05, 4.69) is 10.5 Å². The molecule has 1 aliphatic rings. The summed E-state index contributed by atoms with van der Waals surface area (Å²) in [6, 6.07) is 11.6. The van der Waals surface area contributed by atoms with Crippen molar-refractivity contribution in [2.24, 2.45) is 0 Å². The van der Waals surface area contributed by atoms with Crippen molar-refractivity contribution in [1.82, 2.24) is 15.4 Å². The second kappa shape index (κ2) is 9.35. The van der Waals surface area contributed by atoms with E-state index < -0.39 is 0 Å². The van der Waals surface area contributed by atoms with Gasteiger partial charge in [0.15, 0.2) is 11.5 Å². The van der Waals surface area contributed by atoms with Gasteiger partial charge in [-0.15, -0.1) is 0 Å². The molecule has 1 saturated heterocycles. The molecular weight excluding hydrogens is 342 g/mol. The Balaban J connectivity index is 1.65. The van der Waals surface area contributed by atoms with Gasteiger partial charge in [-0.05, 0) is 37.7 Å². The molecule has 6 nitrogen and oxygen atoms in total. The number of carbonyl (C=O) groups is 2. The van der Waals surface area contributed by atoms with Crippen LogP contribution in [-0.2, 0) is 11.2 Å². The Bertz CT molecular complexity index is 757. The molecule has 1 aromatic heterocycles. The molecule has 0 radical (unpaired) electrons. The largest absolute Gasteiger partial charge is 0.358 e. The van der Waals surface area contributed by atoms with E-state index in [-0.39, 0.29) is 23.6 Å². The van der Waals surface area contributed by atoms with Gasteiger partial charge in [0, 0.05) is 25.6 Å².